The van der Waals surface area contributed by atoms with E-state index < -0.39 is 0 Å². The molecule has 104 valence electrons. The summed E-state index contributed by atoms with van der Waals surface area (Å²) < 4.78 is 5.92. The topological polar surface area (TPSA) is 42.4 Å². The first-order valence-corrected chi connectivity index (χ1v) is 7.72. The van der Waals surface area contributed by atoms with Crippen LogP contribution < -0.4 is 4.90 Å². The Hall–Kier alpha value is -0.940. The number of morpholine rings is 1. The molecule has 1 aliphatic carbocycles. The van der Waals surface area contributed by atoms with Crippen molar-refractivity contribution in [1.29, 1.82) is 0 Å². The van der Waals surface area contributed by atoms with Gasteiger partial charge in [-0.25, -0.2) is 4.98 Å². The number of rotatable bonds is 1. The Morgan fingerprint density at radius 3 is 2.89 bits per heavy atom. The van der Waals surface area contributed by atoms with Crippen LogP contribution in [0, 0.1) is 0 Å². The van der Waals surface area contributed by atoms with E-state index in [9.17, 15) is 4.79 Å². The van der Waals surface area contributed by atoms with Crippen LogP contribution in [-0.2, 0) is 11.2 Å². The summed E-state index contributed by atoms with van der Waals surface area (Å²) in [7, 11) is 0. The standard InChI is InChI=1S/C14H20N2O2S/c1-9-7-16(8-14(2,3)18-9)13-15-12-10(17)5-4-6-11(12)19-13/h9H,4-8H2,1-3H3. The molecular weight excluding hydrogens is 260 g/mol. The molecule has 1 unspecified atom stereocenters. The third-order valence-corrected chi connectivity index (χ3v) is 4.77. The van der Waals surface area contributed by atoms with Crippen molar-refractivity contribution >= 4 is 22.3 Å². The number of nitrogens with zero attached hydrogens (tertiary/aromatic N) is 2. The first kappa shape index (κ1) is 13.1. The highest BCUT2D eigenvalue weighted by molar-refractivity contribution is 7.16. The normalized spacial score (nSPS) is 26.4. The third-order valence-electron chi connectivity index (χ3n) is 3.60. The second-order valence-electron chi connectivity index (χ2n) is 6.11. The highest BCUT2D eigenvalue weighted by Gasteiger charge is 2.34. The number of hydrogen-bond acceptors (Lipinski definition) is 5. The zero-order chi connectivity index (χ0) is 13.6. The quantitative estimate of drug-likeness (QED) is 0.793. The molecule has 5 heteroatoms. The largest absolute Gasteiger partial charge is 0.369 e. The first-order chi connectivity index (χ1) is 8.94. The Morgan fingerprint density at radius 1 is 1.42 bits per heavy atom. The zero-order valence-corrected chi connectivity index (χ0v) is 12.5. The Bertz CT molecular complexity index is 510. The number of anilines is 1. The van der Waals surface area contributed by atoms with Gasteiger partial charge in [0.2, 0.25) is 0 Å². The number of aryl methyl sites for hydroxylation is 1. The lowest BCUT2D eigenvalue weighted by Gasteiger charge is -2.41. The van der Waals surface area contributed by atoms with Crippen LogP contribution in [0.2, 0.25) is 0 Å². The molecule has 19 heavy (non-hydrogen) atoms. The average molecular weight is 280 g/mol. The van der Waals surface area contributed by atoms with E-state index in [1.165, 1.54) is 4.88 Å². The molecule has 0 amide bonds. The average Bonchev–Trinajstić information content (AvgIpc) is 2.71. The summed E-state index contributed by atoms with van der Waals surface area (Å²) in [6.07, 6.45) is 2.82. The molecule has 4 nitrogen and oxygen atoms in total. The summed E-state index contributed by atoms with van der Waals surface area (Å²) in [5, 5.41) is 0.989. The molecule has 0 bridgehead atoms. The van der Waals surface area contributed by atoms with Gasteiger partial charge in [-0.15, -0.1) is 11.3 Å². The molecule has 0 radical (unpaired) electrons. The van der Waals surface area contributed by atoms with Gasteiger partial charge in [-0.1, -0.05) is 0 Å². The van der Waals surface area contributed by atoms with E-state index in [4.69, 9.17) is 4.74 Å². The van der Waals surface area contributed by atoms with Gasteiger partial charge in [0, 0.05) is 24.4 Å². The Morgan fingerprint density at radius 2 is 2.21 bits per heavy atom. The number of thiazole rings is 1. The van der Waals surface area contributed by atoms with Crippen molar-refractivity contribution in [2.75, 3.05) is 18.0 Å². The van der Waals surface area contributed by atoms with Crippen molar-refractivity contribution in [2.45, 2.75) is 51.7 Å². The van der Waals surface area contributed by atoms with E-state index in [-0.39, 0.29) is 17.5 Å². The molecule has 1 atom stereocenters. The van der Waals surface area contributed by atoms with E-state index in [0.717, 1.165) is 36.8 Å². The molecule has 1 aliphatic heterocycles. The number of aromatic nitrogens is 1. The maximum Gasteiger partial charge on any atom is 0.186 e. The van der Waals surface area contributed by atoms with Crippen molar-refractivity contribution < 1.29 is 9.53 Å². The molecule has 0 N–H and O–H groups in total. The first-order valence-electron chi connectivity index (χ1n) is 6.90. The molecule has 3 rings (SSSR count). The fourth-order valence-corrected chi connectivity index (χ4v) is 4.12. The van der Waals surface area contributed by atoms with Gasteiger partial charge >= 0.3 is 0 Å². The van der Waals surface area contributed by atoms with Gasteiger partial charge in [0.25, 0.3) is 0 Å². The van der Waals surface area contributed by atoms with Crippen LogP contribution in [0.3, 0.4) is 0 Å². The van der Waals surface area contributed by atoms with E-state index >= 15 is 0 Å². The van der Waals surface area contributed by atoms with Crippen molar-refractivity contribution in [2.24, 2.45) is 0 Å². The van der Waals surface area contributed by atoms with Crippen molar-refractivity contribution in [1.82, 2.24) is 4.98 Å². The van der Waals surface area contributed by atoms with Crippen LogP contribution in [0.5, 0.6) is 0 Å². The number of Topliss-reactive ketones (excluding diaryl/α,β-unsaturated/α-hetero) is 1. The molecule has 0 spiro atoms. The minimum Gasteiger partial charge on any atom is -0.369 e. The summed E-state index contributed by atoms with van der Waals surface area (Å²) in [5.41, 5.74) is 0.566. The zero-order valence-electron chi connectivity index (χ0n) is 11.7. The lowest BCUT2D eigenvalue weighted by molar-refractivity contribution is -0.0749. The summed E-state index contributed by atoms with van der Waals surface area (Å²) in [5.74, 6) is 0.212. The van der Waals surface area contributed by atoms with Crippen LogP contribution >= 0.6 is 11.3 Å². The molecule has 1 saturated heterocycles. The van der Waals surface area contributed by atoms with Crippen LogP contribution in [0.15, 0.2) is 0 Å². The number of fused-ring (bicyclic) bond motifs is 1. The van der Waals surface area contributed by atoms with Crippen LogP contribution in [0.4, 0.5) is 5.13 Å². The molecule has 0 saturated carbocycles. The highest BCUT2D eigenvalue weighted by Crippen LogP contribution is 2.34. The monoisotopic (exact) mass is 280 g/mol. The lowest BCUT2D eigenvalue weighted by Crippen LogP contribution is -2.52. The summed E-state index contributed by atoms with van der Waals surface area (Å²) in [6, 6.07) is 0. The van der Waals surface area contributed by atoms with Gasteiger partial charge in [-0.05, 0) is 33.6 Å². The predicted octanol–water partition coefficient (Wildman–Crippen LogP) is 2.67. The Balaban J connectivity index is 1.88. The third kappa shape index (κ3) is 2.54. The van der Waals surface area contributed by atoms with Gasteiger partial charge in [-0.2, -0.15) is 0 Å². The number of carbonyl (C=O) groups excluding carboxylic acids is 1. The fraction of sp³-hybridized carbons (Fsp3) is 0.714. The summed E-state index contributed by atoms with van der Waals surface area (Å²) in [6.45, 7) is 7.98. The van der Waals surface area contributed by atoms with Gasteiger partial charge in [0.1, 0.15) is 5.69 Å². The molecule has 2 aliphatic rings. The van der Waals surface area contributed by atoms with Crippen LogP contribution in [0.25, 0.3) is 0 Å². The van der Waals surface area contributed by atoms with E-state index in [2.05, 4.69) is 30.7 Å². The van der Waals surface area contributed by atoms with E-state index in [0.29, 0.717) is 6.42 Å². The summed E-state index contributed by atoms with van der Waals surface area (Å²) >= 11 is 1.69. The van der Waals surface area contributed by atoms with Gasteiger partial charge in [0.15, 0.2) is 10.9 Å². The molecular formula is C14H20N2O2S. The van der Waals surface area contributed by atoms with Crippen molar-refractivity contribution in [3.8, 4) is 0 Å². The van der Waals surface area contributed by atoms with E-state index in [1.807, 2.05) is 0 Å². The fourth-order valence-electron chi connectivity index (χ4n) is 2.99. The predicted molar refractivity (Wildman–Crippen MR) is 76.2 cm³/mol. The Kier molecular flexibility index (Phi) is 3.14. The number of ether oxygens (including phenoxy) is 1. The number of carbonyl (C=O) groups is 1. The van der Waals surface area contributed by atoms with Crippen LogP contribution in [0.1, 0.15) is 49.0 Å². The minimum absolute atomic E-state index is 0.159. The molecule has 1 aromatic heterocycles. The van der Waals surface area contributed by atoms with Gasteiger partial charge in [0.05, 0.1) is 11.7 Å². The van der Waals surface area contributed by atoms with Crippen molar-refractivity contribution in [3.63, 3.8) is 0 Å². The van der Waals surface area contributed by atoms with Gasteiger partial charge < -0.3 is 9.64 Å². The molecule has 1 fully saturated rings. The number of hydrogen-bond donors (Lipinski definition) is 0. The SMILES string of the molecule is CC1CN(c2nc3c(s2)CCCC3=O)CC(C)(C)O1. The number of ketones is 1. The maximum absolute atomic E-state index is 11.9. The summed E-state index contributed by atoms with van der Waals surface area (Å²) in [4.78, 5) is 19.9. The molecule has 1 aromatic rings. The molecule has 2 heterocycles. The van der Waals surface area contributed by atoms with E-state index in [1.54, 1.807) is 11.3 Å². The maximum atomic E-state index is 11.9. The highest BCUT2D eigenvalue weighted by atomic mass is 32.1. The van der Waals surface area contributed by atoms with Gasteiger partial charge in [-0.3, -0.25) is 4.79 Å². The second kappa shape index (κ2) is 4.56. The minimum atomic E-state index is -0.159. The van der Waals surface area contributed by atoms with Crippen molar-refractivity contribution in [3.05, 3.63) is 10.6 Å². The molecule has 0 aromatic carbocycles. The Labute approximate surface area is 117 Å². The van der Waals surface area contributed by atoms with Crippen LogP contribution in [-0.4, -0.2) is 35.6 Å². The smallest absolute Gasteiger partial charge is 0.186 e. The lowest BCUT2D eigenvalue weighted by atomic mass is 10.0. The second-order valence-corrected chi connectivity index (χ2v) is 7.18.